The van der Waals surface area contributed by atoms with E-state index in [0.29, 0.717) is 19.6 Å². The van der Waals surface area contributed by atoms with Crippen LogP contribution in [0.4, 0.5) is 4.79 Å². The third kappa shape index (κ3) is 3.58. The molecule has 3 heterocycles. The summed E-state index contributed by atoms with van der Waals surface area (Å²) in [6.45, 7) is 1.64. The fraction of sp³-hybridized carbons (Fsp3) is 0.263. The van der Waals surface area contributed by atoms with Crippen molar-refractivity contribution in [3.8, 4) is 0 Å². The lowest BCUT2D eigenvalue weighted by molar-refractivity contribution is 0.172. The van der Waals surface area contributed by atoms with Gasteiger partial charge in [0.15, 0.2) is 0 Å². The van der Waals surface area contributed by atoms with Gasteiger partial charge in [-0.1, -0.05) is 24.3 Å². The number of carbonyl (C=O) groups excluding carboxylic acids is 1. The minimum atomic E-state index is -3.52. The van der Waals surface area contributed by atoms with E-state index in [2.05, 4.69) is 10.4 Å². The molecular formula is C19H21N5O3S. The molecule has 2 aromatic heterocycles. The van der Waals surface area contributed by atoms with Crippen molar-refractivity contribution in [1.82, 2.24) is 24.1 Å². The Morgan fingerprint density at radius 2 is 1.71 bits per heavy atom. The number of pyridine rings is 1. The van der Waals surface area contributed by atoms with Crippen molar-refractivity contribution in [3.63, 3.8) is 0 Å². The van der Waals surface area contributed by atoms with Gasteiger partial charge < -0.3 is 10.2 Å². The van der Waals surface area contributed by atoms with Crippen LogP contribution in [0, 0.1) is 0 Å². The number of nitrogens with zero attached hydrogens (tertiary/aromatic N) is 4. The second-order valence-corrected chi connectivity index (χ2v) is 8.50. The van der Waals surface area contributed by atoms with Crippen LogP contribution >= 0.6 is 0 Å². The van der Waals surface area contributed by atoms with Crippen LogP contribution in [-0.4, -0.2) is 59.4 Å². The van der Waals surface area contributed by atoms with Crippen LogP contribution in [0.1, 0.15) is 5.56 Å². The largest absolute Gasteiger partial charge is 0.334 e. The van der Waals surface area contributed by atoms with E-state index in [-0.39, 0.29) is 24.0 Å². The first-order valence-electron chi connectivity index (χ1n) is 9.05. The van der Waals surface area contributed by atoms with Crippen molar-refractivity contribution in [2.24, 2.45) is 0 Å². The monoisotopic (exact) mass is 399 g/mol. The summed E-state index contributed by atoms with van der Waals surface area (Å²) in [5.41, 5.74) is 1.88. The van der Waals surface area contributed by atoms with Gasteiger partial charge in [0.2, 0.25) is 10.0 Å². The number of sulfonamides is 1. The lowest BCUT2D eigenvalue weighted by Gasteiger charge is -2.34. The van der Waals surface area contributed by atoms with Gasteiger partial charge in [-0.15, -0.1) is 0 Å². The summed E-state index contributed by atoms with van der Waals surface area (Å²) >= 11 is 0. The van der Waals surface area contributed by atoms with Crippen LogP contribution in [0.15, 0.2) is 65.8 Å². The quantitative estimate of drug-likeness (QED) is 0.721. The summed E-state index contributed by atoms with van der Waals surface area (Å²) in [4.78, 5) is 14.4. The zero-order valence-electron chi connectivity index (χ0n) is 15.2. The zero-order chi connectivity index (χ0) is 19.6. The lowest BCUT2D eigenvalue weighted by Crippen LogP contribution is -2.52. The van der Waals surface area contributed by atoms with Crippen LogP contribution < -0.4 is 5.32 Å². The molecule has 28 heavy (non-hydrogen) atoms. The van der Waals surface area contributed by atoms with E-state index in [1.165, 1.54) is 4.31 Å². The number of rotatable bonds is 4. The summed E-state index contributed by atoms with van der Waals surface area (Å²) < 4.78 is 28.5. The number of piperazine rings is 1. The van der Waals surface area contributed by atoms with Gasteiger partial charge >= 0.3 is 6.03 Å². The highest BCUT2D eigenvalue weighted by Gasteiger charge is 2.29. The third-order valence-electron chi connectivity index (χ3n) is 4.84. The van der Waals surface area contributed by atoms with Crippen molar-refractivity contribution >= 4 is 21.6 Å². The molecule has 1 N–H and O–H groups in total. The smallest absolute Gasteiger partial charge is 0.317 e. The minimum Gasteiger partial charge on any atom is -0.334 e. The number of amides is 2. The molecule has 3 aromatic rings. The fourth-order valence-electron chi connectivity index (χ4n) is 3.28. The molecule has 1 aliphatic heterocycles. The Morgan fingerprint density at radius 3 is 2.46 bits per heavy atom. The van der Waals surface area contributed by atoms with Gasteiger partial charge in [-0.3, -0.25) is 0 Å². The molecule has 146 valence electrons. The average Bonchev–Trinajstić information content (AvgIpc) is 3.16. The van der Waals surface area contributed by atoms with Gasteiger partial charge in [0.1, 0.15) is 0 Å². The van der Waals surface area contributed by atoms with E-state index >= 15 is 0 Å². The molecule has 1 fully saturated rings. The molecule has 0 bridgehead atoms. The first-order valence-corrected chi connectivity index (χ1v) is 10.5. The van der Waals surface area contributed by atoms with E-state index < -0.39 is 10.0 Å². The SMILES string of the molecule is O=C(NCc1cnn2ccccc12)N1CCN(S(=O)(=O)c2ccccc2)CC1. The molecule has 0 spiro atoms. The Bertz CT molecular complexity index is 1070. The fourth-order valence-corrected chi connectivity index (χ4v) is 4.72. The predicted molar refractivity (Wildman–Crippen MR) is 104 cm³/mol. The van der Waals surface area contributed by atoms with Gasteiger partial charge in [-0.05, 0) is 24.3 Å². The van der Waals surface area contributed by atoms with Crippen LogP contribution in [0.25, 0.3) is 5.52 Å². The Hall–Kier alpha value is -2.91. The molecule has 8 nitrogen and oxygen atoms in total. The molecule has 1 aliphatic rings. The summed E-state index contributed by atoms with van der Waals surface area (Å²) in [6.07, 6.45) is 3.59. The molecule has 9 heteroatoms. The summed E-state index contributed by atoms with van der Waals surface area (Å²) in [6, 6.07) is 13.9. The number of fused-ring (bicyclic) bond motifs is 1. The van der Waals surface area contributed by atoms with Crippen molar-refractivity contribution in [1.29, 1.82) is 0 Å². The molecule has 0 unspecified atom stereocenters. The summed E-state index contributed by atoms with van der Waals surface area (Å²) in [7, 11) is -3.52. The number of nitrogens with one attached hydrogen (secondary N) is 1. The maximum atomic E-state index is 12.7. The number of carbonyl (C=O) groups is 1. The normalized spacial score (nSPS) is 15.6. The number of benzene rings is 1. The molecule has 0 atom stereocenters. The topological polar surface area (TPSA) is 87.0 Å². The minimum absolute atomic E-state index is 0.202. The Labute approximate surface area is 163 Å². The highest BCUT2D eigenvalue weighted by Crippen LogP contribution is 2.17. The average molecular weight is 399 g/mol. The molecule has 0 radical (unpaired) electrons. The van der Waals surface area contributed by atoms with Crippen molar-refractivity contribution in [2.75, 3.05) is 26.2 Å². The van der Waals surface area contributed by atoms with Gasteiger partial charge in [0.25, 0.3) is 0 Å². The number of aromatic nitrogens is 2. The summed E-state index contributed by atoms with van der Waals surface area (Å²) in [5, 5.41) is 7.15. The Kier molecular flexibility index (Phi) is 5.01. The van der Waals surface area contributed by atoms with Crippen LogP contribution in [0.5, 0.6) is 0 Å². The highest BCUT2D eigenvalue weighted by atomic mass is 32.2. The van der Waals surface area contributed by atoms with Gasteiger partial charge in [0.05, 0.1) is 16.6 Å². The third-order valence-corrected chi connectivity index (χ3v) is 6.76. The van der Waals surface area contributed by atoms with Crippen LogP contribution in [0.3, 0.4) is 0 Å². The Morgan fingerprint density at radius 1 is 1.00 bits per heavy atom. The van der Waals surface area contributed by atoms with E-state index in [1.807, 2.05) is 24.4 Å². The van der Waals surface area contributed by atoms with Crippen LogP contribution in [0.2, 0.25) is 0 Å². The van der Waals surface area contributed by atoms with Gasteiger partial charge in [-0.25, -0.2) is 17.7 Å². The maximum Gasteiger partial charge on any atom is 0.317 e. The zero-order valence-corrected chi connectivity index (χ0v) is 16.0. The second kappa shape index (κ2) is 7.61. The second-order valence-electron chi connectivity index (χ2n) is 6.56. The van der Waals surface area contributed by atoms with Crippen molar-refractivity contribution < 1.29 is 13.2 Å². The van der Waals surface area contributed by atoms with Gasteiger partial charge in [-0.2, -0.15) is 9.40 Å². The standard InChI is InChI=1S/C19H21N5O3S/c25-19(20-14-16-15-21-24-9-5-4-8-18(16)24)22-10-12-23(13-11-22)28(26,27)17-6-2-1-3-7-17/h1-9,15H,10-14H2,(H,20,25). The molecular weight excluding hydrogens is 378 g/mol. The molecule has 0 saturated carbocycles. The van der Waals surface area contributed by atoms with E-state index in [0.717, 1.165) is 11.1 Å². The van der Waals surface area contributed by atoms with E-state index in [9.17, 15) is 13.2 Å². The van der Waals surface area contributed by atoms with Gasteiger partial charge in [0, 0.05) is 44.5 Å². The summed E-state index contributed by atoms with van der Waals surface area (Å²) in [5.74, 6) is 0. The Balaban J connectivity index is 1.34. The molecule has 1 saturated heterocycles. The van der Waals surface area contributed by atoms with Crippen LogP contribution in [-0.2, 0) is 16.6 Å². The van der Waals surface area contributed by atoms with E-state index in [4.69, 9.17) is 0 Å². The predicted octanol–water partition coefficient (Wildman–Crippen LogP) is 1.55. The molecule has 1 aromatic carbocycles. The molecule has 0 aliphatic carbocycles. The number of urea groups is 1. The lowest BCUT2D eigenvalue weighted by atomic mass is 10.2. The highest BCUT2D eigenvalue weighted by molar-refractivity contribution is 7.89. The molecule has 4 rings (SSSR count). The van der Waals surface area contributed by atoms with E-state index in [1.54, 1.807) is 45.9 Å². The first-order chi connectivity index (χ1) is 13.6. The van der Waals surface area contributed by atoms with Crippen molar-refractivity contribution in [2.45, 2.75) is 11.4 Å². The number of hydrogen-bond acceptors (Lipinski definition) is 4. The maximum absolute atomic E-state index is 12.7. The van der Waals surface area contributed by atoms with Crippen molar-refractivity contribution in [3.05, 3.63) is 66.5 Å². The first kappa shape index (κ1) is 18.5. The number of hydrogen-bond donors (Lipinski definition) is 1. The molecule has 2 amide bonds.